The third kappa shape index (κ3) is 5.91. The fourth-order valence-corrected chi connectivity index (χ4v) is 2.01. The molecule has 1 aliphatic carbocycles. The van der Waals surface area contributed by atoms with Crippen molar-refractivity contribution in [3.63, 3.8) is 0 Å². The molecule has 0 heterocycles. The van der Waals surface area contributed by atoms with E-state index < -0.39 is 0 Å². The summed E-state index contributed by atoms with van der Waals surface area (Å²) in [5, 5.41) is 6.79. The van der Waals surface area contributed by atoms with Gasteiger partial charge in [-0.25, -0.2) is 0 Å². The molecular formula is C13H27N3O. The van der Waals surface area contributed by atoms with Crippen LogP contribution in [0.2, 0.25) is 0 Å². The molecule has 0 spiro atoms. The standard InChI is InChI=1S/C13H27N3O/c1-4-7-11-10-12(11)16-13(14-5-2)15-8-6-9-17-3/h11-12H,4-10H2,1-3H3,(H2,14,15,16). The molecular weight excluding hydrogens is 214 g/mol. The average Bonchev–Trinajstić information content (AvgIpc) is 3.03. The number of hydrogen-bond acceptors (Lipinski definition) is 2. The van der Waals surface area contributed by atoms with Crippen LogP contribution in [0.1, 0.15) is 39.5 Å². The molecule has 0 aromatic rings. The maximum absolute atomic E-state index is 5.02. The Kier molecular flexibility index (Phi) is 7.01. The first kappa shape index (κ1) is 14.3. The van der Waals surface area contributed by atoms with Gasteiger partial charge in [0.1, 0.15) is 0 Å². The SMILES string of the molecule is CCCC1CC1NC(=NCCCOC)NCC. The lowest BCUT2D eigenvalue weighted by Crippen LogP contribution is -2.39. The topological polar surface area (TPSA) is 45.7 Å². The van der Waals surface area contributed by atoms with E-state index in [0.717, 1.165) is 38.0 Å². The van der Waals surface area contributed by atoms with Crippen molar-refractivity contribution in [2.24, 2.45) is 10.9 Å². The molecule has 1 fully saturated rings. The lowest BCUT2D eigenvalue weighted by Gasteiger charge is -2.11. The van der Waals surface area contributed by atoms with Crippen molar-refractivity contribution in [2.75, 3.05) is 26.8 Å². The zero-order valence-electron chi connectivity index (χ0n) is 11.5. The van der Waals surface area contributed by atoms with Crippen molar-refractivity contribution >= 4 is 5.96 Å². The fraction of sp³-hybridized carbons (Fsp3) is 0.923. The summed E-state index contributed by atoms with van der Waals surface area (Å²) >= 11 is 0. The van der Waals surface area contributed by atoms with Crippen molar-refractivity contribution in [1.82, 2.24) is 10.6 Å². The first-order chi connectivity index (χ1) is 8.31. The van der Waals surface area contributed by atoms with Crippen LogP contribution in [0.4, 0.5) is 0 Å². The van der Waals surface area contributed by atoms with Crippen molar-refractivity contribution in [3.8, 4) is 0 Å². The van der Waals surface area contributed by atoms with Gasteiger partial charge in [0.25, 0.3) is 0 Å². The molecule has 1 saturated carbocycles. The van der Waals surface area contributed by atoms with E-state index in [-0.39, 0.29) is 0 Å². The van der Waals surface area contributed by atoms with Gasteiger partial charge in [-0.15, -0.1) is 0 Å². The summed E-state index contributed by atoms with van der Waals surface area (Å²) in [6.07, 6.45) is 4.90. The van der Waals surface area contributed by atoms with Gasteiger partial charge in [0.15, 0.2) is 5.96 Å². The second kappa shape index (κ2) is 8.34. The Morgan fingerprint density at radius 2 is 2.24 bits per heavy atom. The van der Waals surface area contributed by atoms with Crippen molar-refractivity contribution in [1.29, 1.82) is 0 Å². The molecule has 0 aromatic heterocycles. The Hall–Kier alpha value is -0.770. The zero-order valence-corrected chi connectivity index (χ0v) is 11.5. The first-order valence-corrected chi connectivity index (χ1v) is 6.85. The maximum atomic E-state index is 5.02. The lowest BCUT2D eigenvalue weighted by atomic mass is 10.2. The van der Waals surface area contributed by atoms with E-state index in [1.807, 2.05) is 0 Å². The predicted octanol–water partition coefficient (Wildman–Crippen LogP) is 1.77. The van der Waals surface area contributed by atoms with Gasteiger partial charge >= 0.3 is 0 Å². The Morgan fingerprint density at radius 3 is 2.88 bits per heavy atom. The van der Waals surface area contributed by atoms with Gasteiger partial charge in [0.05, 0.1) is 0 Å². The molecule has 0 amide bonds. The number of methoxy groups -OCH3 is 1. The van der Waals surface area contributed by atoms with E-state index in [9.17, 15) is 0 Å². The Labute approximate surface area is 105 Å². The van der Waals surface area contributed by atoms with Gasteiger partial charge < -0.3 is 15.4 Å². The number of ether oxygens (including phenoxy) is 1. The highest BCUT2D eigenvalue weighted by Gasteiger charge is 2.36. The quantitative estimate of drug-likeness (QED) is 0.387. The lowest BCUT2D eigenvalue weighted by molar-refractivity contribution is 0.197. The second-order valence-corrected chi connectivity index (χ2v) is 4.64. The molecule has 0 radical (unpaired) electrons. The third-order valence-electron chi connectivity index (χ3n) is 3.02. The largest absolute Gasteiger partial charge is 0.385 e. The Morgan fingerprint density at radius 1 is 1.41 bits per heavy atom. The predicted molar refractivity (Wildman–Crippen MR) is 72.4 cm³/mol. The number of rotatable bonds is 8. The molecule has 2 atom stereocenters. The molecule has 0 aromatic carbocycles. The van der Waals surface area contributed by atoms with Gasteiger partial charge in [-0.1, -0.05) is 13.3 Å². The molecule has 0 aliphatic heterocycles. The molecule has 0 bridgehead atoms. The molecule has 4 nitrogen and oxygen atoms in total. The summed E-state index contributed by atoms with van der Waals surface area (Å²) in [6, 6.07) is 0.648. The van der Waals surface area contributed by atoms with Crippen LogP contribution < -0.4 is 10.6 Å². The summed E-state index contributed by atoms with van der Waals surface area (Å²) in [4.78, 5) is 4.54. The first-order valence-electron chi connectivity index (χ1n) is 6.85. The summed E-state index contributed by atoms with van der Waals surface area (Å²) in [7, 11) is 1.73. The fourth-order valence-electron chi connectivity index (χ4n) is 2.01. The van der Waals surface area contributed by atoms with E-state index in [4.69, 9.17) is 4.74 Å². The van der Waals surface area contributed by atoms with Gasteiger partial charge in [-0.05, 0) is 32.1 Å². The van der Waals surface area contributed by atoms with Gasteiger partial charge in [0.2, 0.25) is 0 Å². The number of hydrogen-bond donors (Lipinski definition) is 2. The van der Waals surface area contributed by atoms with E-state index in [1.165, 1.54) is 19.3 Å². The molecule has 4 heteroatoms. The minimum atomic E-state index is 0.648. The maximum Gasteiger partial charge on any atom is 0.191 e. The summed E-state index contributed by atoms with van der Waals surface area (Å²) in [6.45, 7) is 6.88. The van der Waals surface area contributed by atoms with Crippen LogP contribution in [-0.2, 0) is 4.74 Å². The monoisotopic (exact) mass is 241 g/mol. The number of nitrogens with zero attached hydrogens (tertiary/aromatic N) is 1. The summed E-state index contributed by atoms with van der Waals surface area (Å²) < 4.78 is 5.02. The van der Waals surface area contributed by atoms with E-state index in [2.05, 4.69) is 29.5 Å². The molecule has 2 unspecified atom stereocenters. The smallest absolute Gasteiger partial charge is 0.191 e. The third-order valence-corrected chi connectivity index (χ3v) is 3.02. The number of guanidine groups is 1. The van der Waals surface area contributed by atoms with Gasteiger partial charge in [0, 0.05) is 32.8 Å². The van der Waals surface area contributed by atoms with Crippen LogP contribution in [0, 0.1) is 5.92 Å². The van der Waals surface area contributed by atoms with E-state index in [1.54, 1.807) is 7.11 Å². The minimum absolute atomic E-state index is 0.648. The molecule has 1 aliphatic rings. The number of nitrogens with one attached hydrogen (secondary N) is 2. The van der Waals surface area contributed by atoms with Crippen molar-refractivity contribution < 1.29 is 4.74 Å². The van der Waals surface area contributed by atoms with Crippen molar-refractivity contribution in [2.45, 2.75) is 45.6 Å². The van der Waals surface area contributed by atoms with Crippen LogP contribution >= 0.6 is 0 Å². The van der Waals surface area contributed by atoms with E-state index >= 15 is 0 Å². The Balaban J connectivity index is 2.23. The highest BCUT2D eigenvalue weighted by Crippen LogP contribution is 2.34. The van der Waals surface area contributed by atoms with Crippen LogP contribution in [0.25, 0.3) is 0 Å². The summed E-state index contributed by atoms with van der Waals surface area (Å²) in [5.74, 6) is 1.83. The van der Waals surface area contributed by atoms with Gasteiger partial charge in [-0.2, -0.15) is 0 Å². The van der Waals surface area contributed by atoms with E-state index in [0.29, 0.717) is 6.04 Å². The van der Waals surface area contributed by atoms with Crippen LogP contribution in [0.15, 0.2) is 4.99 Å². The van der Waals surface area contributed by atoms with Gasteiger partial charge in [-0.3, -0.25) is 4.99 Å². The van der Waals surface area contributed by atoms with Crippen LogP contribution in [0.5, 0.6) is 0 Å². The van der Waals surface area contributed by atoms with Crippen LogP contribution in [0.3, 0.4) is 0 Å². The van der Waals surface area contributed by atoms with Crippen molar-refractivity contribution in [3.05, 3.63) is 0 Å². The van der Waals surface area contributed by atoms with Crippen LogP contribution in [-0.4, -0.2) is 38.8 Å². The molecule has 0 saturated heterocycles. The number of aliphatic imine (C=N–C) groups is 1. The molecule has 1 rings (SSSR count). The molecule has 17 heavy (non-hydrogen) atoms. The Bertz CT molecular complexity index is 231. The zero-order chi connectivity index (χ0) is 12.5. The normalized spacial score (nSPS) is 23.6. The molecule has 100 valence electrons. The summed E-state index contributed by atoms with van der Waals surface area (Å²) in [5.41, 5.74) is 0. The highest BCUT2D eigenvalue weighted by molar-refractivity contribution is 5.80. The highest BCUT2D eigenvalue weighted by atomic mass is 16.5. The second-order valence-electron chi connectivity index (χ2n) is 4.64. The average molecular weight is 241 g/mol. The minimum Gasteiger partial charge on any atom is -0.385 e. The molecule has 2 N–H and O–H groups in total.